The molecule has 226 valence electrons. The van der Waals surface area contributed by atoms with Crippen LogP contribution in [-0.2, 0) is 19.2 Å². The van der Waals surface area contributed by atoms with Crippen LogP contribution in [0.15, 0.2) is 118 Å². The Morgan fingerprint density at radius 2 is 1.44 bits per heavy atom. The summed E-state index contributed by atoms with van der Waals surface area (Å²) in [6, 6.07) is 29.3. The molecule has 5 amide bonds. The van der Waals surface area contributed by atoms with Gasteiger partial charge in [-0.25, -0.2) is 4.90 Å². The lowest BCUT2D eigenvalue weighted by Crippen LogP contribution is -2.31. The summed E-state index contributed by atoms with van der Waals surface area (Å²) in [6.45, 7) is 1.40. The molecule has 11 heteroatoms. The number of nitrogens with zero attached hydrogens (tertiary/aromatic N) is 1. The van der Waals surface area contributed by atoms with Crippen LogP contribution >= 0.6 is 27.7 Å². The van der Waals surface area contributed by atoms with Crippen molar-refractivity contribution in [2.24, 2.45) is 0 Å². The number of carbonyl (C=O) groups is 5. The third kappa shape index (κ3) is 8.14. The van der Waals surface area contributed by atoms with Gasteiger partial charge in [-0.15, -0.1) is 11.8 Å². The first-order valence-electron chi connectivity index (χ1n) is 13.8. The van der Waals surface area contributed by atoms with Gasteiger partial charge in [0.25, 0.3) is 11.8 Å². The average molecular weight is 684 g/mol. The number of amides is 5. The highest BCUT2D eigenvalue weighted by atomic mass is 79.9. The number of imide groups is 1. The number of anilines is 3. The van der Waals surface area contributed by atoms with Crippen molar-refractivity contribution >= 4 is 80.4 Å². The molecule has 1 saturated heterocycles. The molecule has 0 aliphatic carbocycles. The van der Waals surface area contributed by atoms with E-state index in [0.717, 1.165) is 19.8 Å². The first kappa shape index (κ1) is 31.4. The zero-order chi connectivity index (χ0) is 31.9. The minimum atomic E-state index is -0.610. The van der Waals surface area contributed by atoms with Crippen molar-refractivity contribution in [2.75, 3.05) is 15.5 Å². The number of hydrogen-bond acceptors (Lipinski definition) is 6. The molecule has 1 fully saturated rings. The van der Waals surface area contributed by atoms with E-state index in [1.165, 1.54) is 18.7 Å². The van der Waals surface area contributed by atoms with Gasteiger partial charge in [0.15, 0.2) is 0 Å². The lowest BCUT2D eigenvalue weighted by atomic mass is 10.1. The fourth-order valence-electron chi connectivity index (χ4n) is 4.51. The summed E-state index contributed by atoms with van der Waals surface area (Å²) >= 11 is 4.66. The van der Waals surface area contributed by atoms with Gasteiger partial charge in [-0.05, 0) is 84.4 Å². The Balaban J connectivity index is 1.25. The van der Waals surface area contributed by atoms with Gasteiger partial charge in [-0.3, -0.25) is 24.0 Å². The summed E-state index contributed by atoms with van der Waals surface area (Å²) in [6.07, 6.45) is 1.63. The summed E-state index contributed by atoms with van der Waals surface area (Å²) in [5, 5.41) is 7.58. The van der Waals surface area contributed by atoms with Crippen LogP contribution in [0.5, 0.6) is 0 Å². The molecule has 0 bridgehead atoms. The second kappa shape index (κ2) is 14.2. The van der Waals surface area contributed by atoms with Gasteiger partial charge in [-0.1, -0.05) is 46.3 Å². The molecule has 4 aromatic carbocycles. The molecule has 9 nitrogen and oxygen atoms in total. The predicted octanol–water partition coefficient (Wildman–Crippen LogP) is 6.24. The molecule has 0 saturated carbocycles. The van der Waals surface area contributed by atoms with E-state index >= 15 is 0 Å². The molecule has 3 N–H and O–H groups in total. The summed E-state index contributed by atoms with van der Waals surface area (Å²) in [5.74, 6) is -1.79. The molecule has 1 heterocycles. The Hall–Kier alpha value is -5.00. The highest BCUT2D eigenvalue weighted by Gasteiger charge is 2.40. The highest BCUT2D eigenvalue weighted by molar-refractivity contribution is 9.10. The van der Waals surface area contributed by atoms with Crippen LogP contribution in [0.2, 0.25) is 0 Å². The number of thioether (sulfide) groups is 1. The van der Waals surface area contributed by atoms with Crippen molar-refractivity contribution in [3.63, 3.8) is 0 Å². The fourth-order valence-corrected chi connectivity index (χ4v) is 5.83. The number of rotatable bonds is 9. The molecular formula is C34H27BrN4O5S. The van der Waals surface area contributed by atoms with Gasteiger partial charge in [-0.2, -0.15) is 0 Å². The zero-order valence-electron chi connectivity index (χ0n) is 24.0. The second-order valence-electron chi connectivity index (χ2n) is 10.0. The van der Waals surface area contributed by atoms with Crippen molar-refractivity contribution in [2.45, 2.75) is 23.5 Å². The molecule has 0 aromatic heterocycles. The van der Waals surface area contributed by atoms with Crippen molar-refractivity contribution in [3.8, 4) is 0 Å². The topological polar surface area (TPSA) is 125 Å². The number of hydrogen-bond donors (Lipinski definition) is 3. The van der Waals surface area contributed by atoms with E-state index in [-0.39, 0.29) is 29.8 Å². The lowest BCUT2D eigenvalue weighted by molar-refractivity contribution is -0.121. The molecular weight excluding hydrogens is 656 g/mol. The van der Waals surface area contributed by atoms with Crippen LogP contribution in [0.1, 0.15) is 29.3 Å². The van der Waals surface area contributed by atoms with E-state index in [0.29, 0.717) is 22.6 Å². The highest BCUT2D eigenvalue weighted by Crippen LogP contribution is 2.34. The van der Waals surface area contributed by atoms with E-state index in [4.69, 9.17) is 0 Å². The zero-order valence-corrected chi connectivity index (χ0v) is 26.4. The number of nitrogens with one attached hydrogen (secondary N) is 3. The largest absolute Gasteiger partial charge is 0.326 e. The molecule has 45 heavy (non-hydrogen) atoms. The van der Waals surface area contributed by atoms with Crippen LogP contribution in [0.3, 0.4) is 0 Å². The predicted molar refractivity (Wildman–Crippen MR) is 179 cm³/mol. The van der Waals surface area contributed by atoms with Crippen LogP contribution in [0.4, 0.5) is 17.1 Å². The van der Waals surface area contributed by atoms with Gasteiger partial charge in [0.2, 0.25) is 17.7 Å². The minimum Gasteiger partial charge on any atom is -0.326 e. The van der Waals surface area contributed by atoms with Crippen molar-refractivity contribution < 1.29 is 24.0 Å². The summed E-state index contributed by atoms with van der Waals surface area (Å²) in [4.78, 5) is 65.2. The van der Waals surface area contributed by atoms with Gasteiger partial charge in [0.05, 0.1) is 10.9 Å². The van der Waals surface area contributed by atoms with Crippen LogP contribution in [-0.4, -0.2) is 34.8 Å². The Kier molecular flexibility index (Phi) is 9.91. The number of benzene rings is 4. The maximum absolute atomic E-state index is 13.3. The summed E-state index contributed by atoms with van der Waals surface area (Å²) in [7, 11) is 0. The van der Waals surface area contributed by atoms with Crippen molar-refractivity contribution in [3.05, 3.63) is 124 Å². The van der Waals surface area contributed by atoms with Crippen LogP contribution < -0.4 is 20.9 Å². The molecule has 5 rings (SSSR count). The third-order valence-electron chi connectivity index (χ3n) is 6.65. The quantitative estimate of drug-likeness (QED) is 0.142. The van der Waals surface area contributed by atoms with E-state index in [1.807, 2.05) is 24.3 Å². The van der Waals surface area contributed by atoms with E-state index in [1.54, 1.807) is 84.9 Å². The van der Waals surface area contributed by atoms with Gasteiger partial charge in [0.1, 0.15) is 5.70 Å². The van der Waals surface area contributed by atoms with Crippen LogP contribution in [0, 0.1) is 0 Å². The monoisotopic (exact) mass is 682 g/mol. The van der Waals surface area contributed by atoms with E-state index < -0.39 is 17.1 Å². The van der Waals surface area contributed by atoms with Gasteiger partial charge >= 0.3 is 0 Å². The minimum absolute atomic E-state index is 0.0424. The second-order valence-corrected chi connectivity index (χ2v) is 12.2. The maximum atomic E-state index is 13.3. The average Bonchev–Trinajstić information content (AvgIpc) is 3.31. The normalized spacial score (nSPS) is 14.7. The van der Waals surface area contributed by atoms with Crippen molar-refractivity contribution in [1.82, 2.24) is 5.32 Å². The number of carbonyl (C=O) groups excluding carboxylic acids is 5. The lowest BCUT2D eigenvalue weighted by Gasteiger charge is -2.15. The van der Waals surface area contributed by atoms with Crippen LogP contribution in [0.25, 0.3) is 6.08 Å². The third-order valence-corrected chi connectivity index (χ3v) is 8.38. The first-order chi connectivity index (χ1) is 21.7. The molecule has 1 atom stereocenters. The Labute approximate surface area is 272 Å². The summed E-state index contributed by atoms with van der Waals surface area (Å²) in [5.41, 5.74) is 2.68. The smallest absolute Gasteiger partial charge is 0.272 e. The van der Waals surface area contributed by atoms with Crippen molar-refractivity contribution in [1.29, 1.82) is 0 Å². The first-order valence-corrected chi connectivity index (χ1v) is 15.5. The van der Waals surface area contributed by atoms with Gasteiger partial charge in [0, 0.05) is 39.7 Å². The molecule has 1 aliphatic heterocycles. The standard InChI is InChI=1S/C34H27BrN4O5S/c1-21(40)36-25-11-15-27(16-12-25)39-31(41)20-30(34(39)44)45-28-17-13-26(14-18-28)37-33(43)29(19-22-7-9-24(35)10-8-22)38-32(42)23-5-3-2-4-6-23/h2-19,30H,20H2,1H3,(H,36,40)(H,37,43)(H,38,42)/b29-19-. The Bertz CT molecular complexity index is 1780. The van der Waals surface area contributed by atoms with Gasteiger partial charge < -0.3 is 16.0 Å². The fraction of sp³-hybridized carbons (Fsp3) is 0.0882. The molecule has 1 unspecified atom stereocenters. The Morgan fingerprint density at radius 3 is 2.09 bits per heavy atom. The Morgan fingerprint density at radius 1 is 0.822 bits per heavy atom. The molecule has 0 radical (unpaired) electrons. The number of halogens is 1. The SMILES string of the molecule is CC(=O)Nc1ccc(N2C(=O)CC(Sc3ccc(NC(=O)/C(=C/c4ccc(Br)cc4)NC(=O)c4ccccc4)cc3)C2=O)cc1. The van der Waals surface area contributed by atoms with E-state index in [9.17, 15) is 24.0 Å². The molecule has 4 aromatic rings. The van der Waals surface area contributed by atoms with E-state index in [2.05, 4.69) is 31.9 Å². The molecule has 0 spiro atoms. The molecule has 1 aliphatic rings. The maximum Gasteiger partial charge on any atom is 0.272 e. The summed E-state index contributed by atoms with van der Waals surface area (Å²) < 4.78 is 0.880.